The van der Waals surface area contributed by atoms with Gasteiger partial charge in [-0.05, 0) is 25.1 Å². The first-order valence-electron chi connectivity index (χ1n) is 6.97. The molecule has 0 aliphatic carbocycles. The van der Waals surface area contributed by atoms with E-state index in [1.165, 1.54) is 0 Å². The Bertz CT molecular complexity index is 646. The molecule has 0 fully saturated rings. The molecule has 0 bridgehead atoms. The lowest BCUT2D eigenvalue weighted by atomic mass is 10.1. The lowest BCUT2D eigenvalue weighted by Crippen LogP contribution is -2.16. The molecule has 21 heavy (non-hydrogen) atoms. The number of nitrogens with one attached hydrogen (secondary N) is 2. The van der Waals surface area contributed by atoms with E-state index < -0.39 is 0 Å². The summed E-state index contributed by atoms with van der Waals surface area (Å²) in [6.07, 6.45) is 1.72. The van der Waals surface area contributed by atoms with Crippen LogP contribution in [-0.4, -0.2) is 35.3 Å². The van der Waals surface area contributed by atoms with E-state index in [0.717, 1.165) is 42.9 Å². The highest BCUT2D eigenvalue weighted by Crippen LogP contribution is 2.25. The Kier molecular flexibility index (Phi) is 3.87. The molecule has 0 saturated heterocycles. The van der Waals surface area contributed by atoms with Crippen LogP contribution in [0.5, 0.6) is 11.6 Å². The highest BCUT2D eigenvalue weighted by atomic mass is 16.5. The number of ether oxygens (including phenoxy) is 1. The van der Waals surface area contributed by atoms with Gasteiger partial charge in [-0.3, -0.25) is 0 Å². The van der Waals surface area contributed by atoms with Gasteiger partial charge < -0.3 is 20.5 Å². The molecule has 2 heterocycles. The van der Waals surface area contributed by atoms with E-state index in [1.807, 2.05) is 6.07 Å². The Labute approximate surface area is 123 Å². The fourth-order valence-corrected chi connectivity index (χ4v) is 2.45. The molecule has 1 aliphatic rings. The topological polar surface area (TPSA) is 79.3 Å². The van der Waals surface area contributed by atoms with E-state index in [4.69, 9.17) is 4.74 Å². The molecule has 3 N–H and O–H groups in total. The van der Waals surface area contributed by atoms with Crippen molar-refractivity contribution >= 4 is 11.6 Å². The van der Waals surface area contributed by atoms with Gasteiger partial charge in [-0.15, -0.1) is 0 Å². The van der Waals surface area contributed by atoms with E-state index in [9.17, 15) is 5.11 Å². The van der Waals surface area contributed by atoms with Gasteiger partial charge in [0.2, 0.25) is 11.8 Å². The summed E-state index contributed by atoms with van der Waals surface area (Å²) in [6, 6.07) is 6.86. The SMILES string of the molecule is COc1nc(Nc2cccc(O)c2)nc2c1CCNCC2. The molecule has 0 saturated carbocycles. The van der Waals surface area contributed by atoms with Crippen molar-refractivity contribution in [2.24, 2.45) is 0 Å². The normalized spacial score (nSPS) is 14.1. The van der Waals surface area contributed by atoms with Crippen LogP contribution in [0.1, 0.15) is 11.3 Å². The van der Waals surface area contributed by atoms with E-state index in [1.54, 1.807) is 25.3 Å². The molecular formula is C15H18N4O2. The summed E-state index contributed by atoms with van der Waals surface area (Å²) >= 11 is 0. The summed E-state index contributed by atoms with van der Waals surface area (Å²) in [5.41, 5.74) is 2.82. The third kappa shape index (κ3) is 3.05. The Morgan fingerprint density at radius 1 is 1.24 bits per heavy atom. The third-order valence-corrected chi connectivity index (χ3v) is 3.44. The number of aromatic nitrogens is 2. The highest BCUT2D eigenvalue weighted by Gasteiger charge is 2.17. The molecule has 3 rings (SSSR count). The largest absolute Gasteiger partial charge is 0.508 e. The smallest absolute Gasteiger partial charge is 0.230 e. The summed E-state index contributed by atoms with van der Waals surface area (Å²) in [5.74, 6) is 1.30. The first-order valence-corrected chi connectivity index (χ1v) is 6.97. The fourth-order valence-electron chi connectivity index (χ4n) is 2.45. The van der Waals surface area contributed by atoms with Crippen LogP contribution in [0.15, 0.2) is 24.3 Å². The van der Waals surface area contributed by atoms with Crippen LogP contribution in [0, 0.1) is 0 Å². The van der Waals surface area contributed by atoms with Gasteiger partial charge in [-0.25, -0.2) is 4.98 Å². The average molecular weight is 286 g/mol. The number of benzene rings is 1. The molecule has 1 aliphatic heterocycles. The zero-order valence-electron chi connectivity index (χ0n) is 11.9. The Morgan fingerprint density at radius 2 is 2.10 bits per heavy atom. The molecule has 1 aromatic carbocycles. The van der Waals surface area contributed by atoms with Gasteiger partial charge in [0.15, 0.2) is 0 Å². The maximum Gasteiger partial charge on any atom is 0.230 e. The third-order valence-electron chi connectivity index (χ3n) is 3.44. The standard InChI is InChI=1S/C15H18N4O2/c1-21-14-12-5-7-16-8-6-13(12)18-15(19-14)17-10-3-2-4-11(20)9-10/h2-4,9,16,20H,5-8H2,1H3,(H,17,18,19). The first-order chi connectivity index (χ1) is 10.3. The Hall–Kier alpha value is -2.34. The molecule has 6 heteroatoms. The van der Waals surface area contributed by atoms with Gasteiger partial charge in [0, 0.05) is 30.3 Å². The minimum atomic E-state index is 0.200. The average Bonchev–Trinajstić information content (AvgIpc) is 2.71. The van der Waals surface area contributed by atoms with E-state index >= 15 is 0 Å². The number of aromatic hydroxyl groups is 1. The van der Waals surface area contributed by atoms with Crippen LogP contribution in [0.25, 0.3) is 0 Å². The molecule has 0 atom stereocenters. The van der Waals surface area contributed by atoms with Crippen molar-refractivity contribution < 1.29 is 9.84 Å². The number of phenols is 1. The fraction of sp³-hybridized carbons (Fsp3) is 0.333. The van der Waals surface area contributed by atoms with Gasteiger partial charge in [0.05, 0.1) is 12.8 Å². The highest BCUT2D eigenvalue weighted by molar-refractivity contribution is 5.56. The molecule has 0 radical (unpaired) electrons. The molecule has 6 nitrogen and oxygen atoms in total. The van der Waals surface area contributed by atoms with Gasteiger partial charge in [-0.2, -0.15) is 4.98 Å². The molecule has 2 aromatic rings. The molecule has 0 amide bonds. The van der Waals surface area contributed by atoms with Crippen LogP contribution in [0.4, 0.5) is 11.6 Å². The number of rotatable bonds is 3. The van der Waals surface area contributed by atoms with E-state index in [2.05, 4.69) is 20.6 Å². The molecular weight excluding hydrogens is 268 g/mol. The van der Waals surface area contributed by atoms with Crippen molar-refractivity contribution in [2.75, 3.05) is 25.5 Å². The van der Waals surface area contributed by atoms with Crippen molar-refractivity contribution in [3.63, 3.8) is 0 Å². The number of hydrogen-bond donors (Lipinski definition) is 3. The van der Waals surface area contributed by atoms with Crippen molar-refractivity contribution in [1.82, 2.24) is 15.3 Å². The van der Waals surface area contributed by atoms with Crippen LogP contribution in [0.3, 0.4) is 0 Å². The number of fused-ring (bicyclic) bond motifs is 1. The van der Waals surface area contributed by atoms with Crippen molar-refractivity contribution in [2.45, 2.75) is 12.8 Å². The van der Waals surface area contributed by atoms with E-state index in [-0.39, 0.29) is 5.75 Å². The maximum absolute atomic E-state index is 9.51. The summed E-state index contributed by atoms with van der Waals surface area (Å²) in [7, 11) is 1.62. The molecule has 1 aromatic heterocycles. The van der Waals surface area contributed by atoms with Crippen LogP contribution in [-0.2, 0) is 12.8 Å². The van der Waals surface area contributed by atoms with Gasteiger partial charge >= 0.3 is 0 Å². The molecule has 0 unspecified atom stereocenters. The summed E-state index contributed by atoms with van der Waals surface area (Å²) in [5, 5.41) is 16.0. The minimum absolute atomic E-state index is 0.200. The number of hydrogen-bond acceptors (Lipinski definition) is 6. The zero-order chi connectivity index (χ0) is 14.7. The first kappa shape index (κ1) is 13.6. The quantitative estimate of drug-likeness (QED) is 0.796. The second kappa shape index (κ2) is 5.97. The summed E-state index contributed by atoms with van der Waals surface area (Å²) < 4.78 is 5.40. The van der Waals surface area contributed by atoms with Crippen molar-refractivity contribution in [1.29, 1.82) is 0 Å². The Balaban J connectivity index is 1.94. The lowest BCUT2D eigenvalue weighted by molar-refractivity contribution is 0.391. The molecule has 0 spiro atoms. The predicted molar refractivity (Wildman–Crippen MR) is 80.3 cm³/mol. The number of anilines is 2. The van der Waals surface area contributed by atoms with Crippen LogP contribution < -0.4 is 15.4 Å². The zero-order valence-corrected chi connectivity index (χ0v) is 11.9. The van der Waals surface area contributed by atoms with Crippen molar-refractivity contribution in [3.8, 4) is 11.6 Å². The number of methoxy groups -OCH3 is 1. The maximum atomic E-state index is 9.51. The number of phenolic OH excluding ortho intramolecular Hbond substituents is 1. The van der Waals surface area contributed by atoms with Gasteiger partial charge in [0.1, 0.15) is 5.75 Å². The lowest BCUT2D eigenvalue weighted by Gasteiger charge is -2.12. The number of nitrogens with zero attached hydrogens (tertiary/aromatic N) is 2. The van der Waals surface area contributed by atoms with Crippen molar-refractivity contribution in [3.05, 3.63) is 35.5 Å². The monoisotopic (exact) mass is 286 g/mol. The van der Waals surface area contributed by atoms with Crippen LogP contribution in [0.2, 0.25) is 0 Å². The van der Waals surface area contributed by atoms with Gasteiger partial charge in [-0.1, -0.05) is 6.07 Å². The van der Waals surface area contributed by atoms with Crippen LogP contribution >= 0.6 is 0 Å². The van der Waals surface area contributed by atoms with Gasteiger partial charge in [0.25, 0.3) is 0 Å². The van der Waals surface area contributed by atoms with E-state index in [0.29, 0.717) is 11.8 Å². The Morgan fingerprint density at radius 3 is 2.90 bits per heavy atom. The molecule has 110 valence electrons. The second-order valence-corrected chi connectivity index (χ2v) is 4.91. The predicted octanol–water partition coefficient (Wildman–Crippen LogP) is 1.62. The summed E-state index contributed by atoms with van der Waals surface area (Å²) in [6.45, 7) is 1.81. The second-order valence-electron chi connectivity index (χ2n) is 4.91. The summed E-state index contributed by atoms with van der Waals surface area (Å²) in [4.78, 5) is 9.00. The minimum Gasteiger partial charge on any atom is -0.508 e.